The fourth-order valence-electron chi connectivity index (χ4n) is 3.29. The number of nitrogens with zero attached hydrogens (tertiary/aromatic N) is 1. The maximum atomic E-state index is 12.5. The molecule has 0 fully saturated rings. The number of nitrogens with one attached hydrogen (secondary N) is 1. The first kappa shape index (κ1) is 18.7. The summed E-state index contributed by atoms with van der Waals surface area (Å²) in [6.07, 6.45) is 6.43. The molecule has 0 aromatic carbocycles. The summed E-state index contributed by atoms with van der Waals surface area (Å²) in [5, 5.41) is 7.11. The van der Waals surface area contributed by atoms with Gasteiger partial charge in [-0.3, -0.25) is 4.79 Å². The van der Waals surface area contributed by atoms with Crippen molar-refractivity contribution >= 4 is 5.91 Å². The van der Waals surface area contributed by atoms with E-state index < -0.39 is 0 Å². The molecule has 4 nitrogen and oxygen atoms in total. The van der Waals surface area contributed by atoms with E-state index in [0.717, 1.165) is 37.0 Å². The number of hydrogen-bond acceptors (Lipinski definition) is 3. The van der Waals surface area contributed by atoms with Crippen LogP contribution < -0.4 is 5.32 Å². The third kappa shape index (κ3) is 3.90. The molecule has 1 heterocycles. The van der Waals surface area contributed by atoms with Crippen LogP contribution in [0, 0.1) is 12.3 Å². The Kier molecular flexibility index (Phi) is 7.11. The largest absolute Gasteiger partial charge is 0.360 e. The van der Waals surface area contributed by atoms with Crippen LogP contribution >= 0.6 is 0 Å². The molecule has 0 aliphatic rings. The maximum Gasteiger partial charge on any atom is 0.273 e. The summed E-state index contributed by atoms with van der Waals surface area (Å²) in [7, 11) is 0. The third-order valence-corrected chi connectivity index (χ3v) is 5.26. The van der Waals surface area contributed by atoms with Gasteiger partial charge in [0.25, 0.3) is 5.91 Å². The second-order valence-corrected chi connectivity index (χ2v) is 6.30. The summed E-state index contributed by atoms with van der Waals surface area (Å²) in [4.78, 5) is 12.5. The summed E-state index contributed by atoms with van der Waals surface area (Å²) in [6, 6.07) is 0.128. The van der Waals surface area contributed by atoms with Gasteiger partial charge in [-0.2, -0.15) is 0 Å². The molecule has 0 radical (unpaired) electrons. The normalized spacial score (nSPS) is 13.2. The molecular weight excluding hydrogens is 276 g/mol. The first-order chi connectivity index (χ1) is 10.5. The number of aryl methyl sites for hydroxylation is 1. The lowest BCUT2D eigenvalue weighted by Gasteiger charge is -2.38. The third-order valence-electron chi connectivity index (χ3n) is 5.26. The molecule has 0 aliphatic carbocycles. The topological polar surface area (TPSA) is 55.1 Å². The van der Waals surface area contributed by atoms with Gasteiger partial charge in [-0.1, -0.05) is 45.7 Å². The predicted molar refractivity (Wildman–Crippen MR) is 90.1 cm³/mol. The number of hydrogen-bond donors (Lipinski definition) is 1. The smallest absolute Gasteiger partial charge is 0.273 e. The molecule has 1 N–H and O–H groups in total. The lowest BCUT2D eigenvalue weighted by molar-refractivity contribution is 0.0850. The highest BCUT2D eigenvalue weighted by Crippen LogP contribution is 2.36. The van der Waals surface area contributed by atoms with Crippen LogP contribution in [0.5, 0.6) is 0 Å². The Bertz CT molecular complexity index is 475. The van der Waals surface area contributed by atoms with E-state index in [1.165, 1.54) is 12.8 Å². The Hall–Kier alpha value is -1.32. The zero-order valence-corrected chi connectivity index (χ0v) is 15.1. The van der Waals surface area contributed by atoms with Crippen LogP contribution in [0.25, 0.3) is 0 Å². The molecular formula is C18H32N2O2. The second-order valence-electron chi connectivity index (χ2n) is 6.30. The van der Waals surface area contributed by atoms with Gasteiger partial charge in [0.1, 0.15) is 5.76 Å². The number of aromatic nitrogens is 1. The van der Waals surface area contributed by atoms with Crippen LogP contribution in [-0.4, -0.2) is 17.1 Å². The molecule has 1 unspecified atom stereocenters. The Morgan fingerprint density at radius 1 is 1.27 bits per heavy atom. The molecule has 0 aliphatic heterocycles. The van der Waals surface area contributed by atoms with E-state index in [2.05, 4.69) is 38.2 Å². The van der Waals surface area contributed by atoms with Gasteiger partial charge in [-0.25, -0.2) is 0 Å². The van der Waals surface area contributed by atoms with Gasteiger partial charge < -0.3 is 9.84 Å². The minimum absolute atomic E-state index is 0.115. The summed E-state index contributed by atoms with van der Waals surface area (Å²) < 4.78 is 5.24. The zero-order valence-electron chi connectivity index (χ0n) is 15.1. The number of amides is 1. The molecule has 1 aromatic rings. The summed E-state index contributed by atoms with van der Waals surface area (Å²) >= 11 is 0. The molecule has 126 valence electrons. The minimum atomic E-state index is -0.115. The standard InChI is InChI=1S/C18H32N2O2/c1-7-11-12-18(9-3,10-4)14(6)19-17(21)16-13(5)15(8-2)22-20-16/h14H,7-12H2,1-6H3,(H,19,21). The van der Waals surface area contributed by atoms with Gasteiger partial charge in [-0.05, 0) is 38.5 Å². The van der Waals surface area contributed by atoms with Crippen molar-refractivity contribution < 1.29 is 9.32 Å². The van der Waals surface area contributed by atoms with Crippen molar-refractivity contribution in [2.24, 2.45) is 5.41 Å². The Morgan fingerprint density at radius 2 is 1.91 bits per heavy atom. The molecule has 1 rings (SSSR count). The van der Waals surface area contributed by atoms with E-state index in [9.17, 15) is 4.79 Å². The molecule has 0 saturated carbocycles. The number of carbonyl (C=O) groups excluding carboxylic acids is 1. The van der Waals surface area contributed by atoms with E-state index in [4.69, 9.17) is 4.52 Å². The average Bonchev–Trinajstić information content (AvgIpc) is 2.89. The fourth-order valence-corrected chi connectivity index (χ4v) is 3.29. The van der Waals surface area contributed by atoms with Crippen LogP contribution in [0.3, 0.4) is 0 Å². The lowest BCUT2D eigenvalue weighted by Crippen LogP contribution is -2.45. The van der Waals surface area contributed by atoms with E-state index >= 15 is 0 Å². The molecule has 4 heteroatoms. The lowest BCUT2D eigenvalue weighted by atomic mass is 9.72. The number of carbonyl (C=O) groups is 1. The Balaban J connectivity index is 2.85. The summed E-state index contributed by atoms with van der Waals surface area (Å²) in [5.41, 5.74) is 1.45. The highest BCUT2D eigenvalue weighted by Gasteiger charge is 2.34. The highest BCUT2D eigenvalue weighted by atomic mass is 16.5. The van der Waals surface area contributed by atoms with Gasteiger partial charge in [-0.15, -0.1) is 0 Å². The van der Waals surface area contributed by atoms with Gasteiger partial charge in [0.15, 0.2) is 5.69 Å². The van der Waals surface area contributed by atoms with E-state index in [1.54, 1.807) is 0 Å². The van der Waals surface area contributed by atoms with Gasteiger partial charge in [0.05, 0.1) is 0 Å². The van der Waals surface area contributed by atoms with Crippen molar-refractivity contribution in [1.29, 1.82) is 0 Å². The first-order valence-corrected chi connectivity index (χ1v) is 8.71. The molecule has 22 heavy (non-hydrogen) atoms. The van der Waals surface area contributed by atoms with Crippen molar-refractivity contribution in [2.75, 3.05) is 0 Å². The van der Waals surface area contributed by atoms with E-state index in [0.29, 0.717) is 5.69 Å². The SMILES string of the molecule is CCCCC(CC)(CC)C(C)NC(=O)c1noc(CC)c1C. The highest BCUT2D eigenvalue weighted by molar-refractivity contribution is 5.93. The van der Waals surface area contributed by atoms with Gasteiger partial charge in [0, 0.05) is 18.0 Å². The van der Waals surface area contributed by atoms with Crippen LogP contribution in [-0.2, 0) is 6.42 Å². The van der Waals surface area contributed by atoms with E-state index in [-0.39, 0.29) is 17.4 Å². The molecule has 1 aromatic heterocycles. The minimum Gasteiger partial charge on any atom is -0.360 e. The van der Waals surface area contributed by atoms with Crippen molar-refractivity contribution in [3.63, 3.8) is 0 Å². The van der Waals surface area contributed by atoms with Crippen molar-refractivity contribution in [3.8, 4) is 0 Å². The van der Waals surface area contributed by atoms with Crippen LogP contribution in [0.4, 0.5) is 0 Å². The summed E-state index contributed by atoms with van der Waals surface area (Å²) in [5.74, 6) is 0.678. The van der Waals surface area contributed by atoms with Crippen molar-refractivity contribution in [1.82, 2.24) is 10.5 Å². The molecule has 1 amide bonds. The predicted octanol–water partition coefficient (Wildman–Crippen LogP) is 4.66. The van der Waals surface area contributed by atoms with Crippen LogP contribution in [0.15, 0.2) is 4.52 Å². The Morgan fingerprint density at radius 3 is 2.36 bits per heavy atom. The average molecular weight is 308 g/mol. The second kappa shape index (κ2) is 8.35. The summed E-state index contributed by atoms with van der Waals surface area (Å²) in [6.45, 7) is 12.7. The van der Waals surface area contributed by atoms with Crippen molar-refractivity contribution in [3.05, 3.63) is 17.0 Å². The van der Waals surface area contributed by atoms with Crippen molar-refractivity contribution in [2.45, 2.75) is 86.1 Å². The quantitative estimate of drug-likeness (QED) is 0.722. The van der Waals surface area contributed by atoms with Crippen LogP contribution in [0.2, 0.25) is 0 Å². The number of rotatable bonds is 9. The molecule has 1 atom stereocenters. The molecule has 0 bridgehead atoms. The zero-order chi connectivity index (χ0) is 16.8. The fraction of sp³-hybridized carbons (Fsp3) is 0.778. The van der Waals surface area contributed by atoms with Gasteiger partial charge in [0.2, 0.25) is 0 Å². The van der Waals surface area contributed by atoms with Gasteiger partial charge >= 0.3 is 0 Å². The molecule has 0 saturated heterocycles. The number of unbranched alkanes of at least 4 members (excludes halogenated alkanes) is 1. The monoisotopic (exact) mass is 308 g/mol. The Labute approximate surface area is 135 Å². The van der Waals surface area contributed by atoms with Crippen LogP contribution in [0.1, 0.15) is 88.5 Å². The maximum absolute atomic E-state index is 12.5. The van der Waals surface area contributed by atoms with E-state index in [1.807, 2.05) is 13.8 Å². The molecule has 0 spiro atoms. The first-order valence-electron chi connectivity index (χ1n) is 8.71.